The normalized spacial score (nSPS) is 18.6. The van der Waals surface area contributed by atoms with Gasteiger partial charge in [-0.05, 0) is 32.3 Å². The van der Waals surface area contributed by atoms with Crippen molar-refractivity contribution in [2.45, 2.75) is 57.2 Å². The highest BCUT2D eigenvalue weighted by Gasteiger charge is 2.35. The first-order valence-corrected chi connectivity index (χ1v) is 9.17. The average Bonchev–Trinajstić information content (AvgIpc) is 3.32. The van der Waals surface area contributed by atoms with Gasteiger partial charge in [-0.1, -0.05) is 43.2 Å². The SMILES string of the molecule is C[C@H](C(=O)NCC1(N[C@H](C)c2ccccc2)CCCC1)n1ccnc1. The molecule has 1 heterocycles. The van der Waals surface area contributed by atoms with Crippen LogP contribution in [0.15, 0.2) is 49.1 Å². The smallest absolute Gasteiger partial charge is 0.242 e. The van der Waals surface area contributed by atoms with Gasteiger partial charge in [0.15, 0.2) is 0 Å². The summed E-state index contributed by atoms with van der Waals surface area (Å²) < 4.78 is 1.83. The van der Waals surface area contributed by atoms with Gasteiger partial charge in [-0.15, -0.1) is 0 Å². The van der Waals surface area contributed by atoms with Crippen molar-refractivity contribution in [3.8, 4) is 0 Å². The number of hydrogen-bond acceptors (Lipinski definition) is 3. The van der Waals surface area contributed by atoms with Gasteiger partial charge < -0.3 is 15.2 Å². The second kappa shape index (κ2) is 7.83. The molecule has 1 aromatic heterocycles. The minimum atomic E-state index is -0.243. The van der Waals surface area contributed by atoms with Crippen LogP contribution in [0.1, 0.15) is 57.2 Å². The molecule has 1 fully saturated rings. The molecule has 2 atom stereocenters. The Morgan fingerprint density at radius 1 is 1.24 bits per heavy atom. The van der Waals surface area contributed by atoms with Crippen molar-refractivity contribution in [1.82, 2.24) is 20.2 Å². The van der Waals surface area contributed by atoms with Crippen LogP contribution in [0.25, 0.3) is 0 Å². The van der Waals surface area contributed by atoms with E-state index in [0.29, 0.717) is 6.54 Å². The van der Waals surface area contributed by atoms with Gasteiger partial charge in [0.1, 0.15) is 6.04 Å². The molecule has 0 bridgehead atoms. The lowest BCUT2D eigenvalue weighted by molar-refractivity contribution is -0.124. The standard InChI is InChI=1S/C20H28N4O/c1-16(18-8-4-3-5-9-18)23-20(10-6-7-11-20)14-22-19(25)17(2)24-13-12-21-15-24/h3-5,8-9,12-13,15-17,23H,6-7,10-11,14H2,1-2H3,(H,22,25)/t16-,17-/m1/s1. The molecular formula is C20H28N4O. The van der Waals surface area contributed by atoms with Gasteiger partial charge in [-0.3, -0.25) is 4.79 Å². The zero-order chi connectivity index (χ0) is 17.7. The first kappa shape index (κ1) is 17.7. The minimum Gasteiger partial charge on any atom is -0.352 e. The zero-order valence-corrected chi connectivity index (χ0v) is 15.1. The molecule has 2 N–H and O–H groups in total. The summed E-state index contributed by atoms with van der Waals surface area (Å²) in [5, 5.41) is 6.96. The van der Waals surface area contributed by atoms with E-state index in [9.17, 15) is 4.79 Å². The van der Waals surface area contributed by atoms with Crippen LogP contribution in [0.4, 0.5) is 0 Å². The van der Waals surface area contributed by atoms with Crippen molar-refractivity contribution >= 4 is 5.91 Å². The van der Waals surface area contributed by atoms with Gasteiger partial charge in [0, 0.05) is 30.5 Å². The Morgan fingerprint density at radius 2 is 1.96 bits per heavy atom. The number of carbonyl (C=O) groups is 1. The zero-order valence-electron chi connectivity index (χ0n) is 15.1. The number of hydrogen-bond donors (Lipinski definition) is 2. The number of imidazole rings is 1. The lowest BCUT2D eigenvalue weighted by atomic mass is 9.94. The number of nitrogens with zero attached hydrogens (tertiary/aromatic N) is 2. The Balaban J connectivity index is 1.61. The number of rotatable bonds is 7. The van der Waals surface area contributed by atoms with E-state index in [-0.39, 0.29) is 23.5 Å². The molecule has 0 radical (unpaired) electrons. The summed E-state index contributed by atoms with van der Waals surface area (Å²) in [7, 11) is 0. The second-order valence-corrected chi connectivity index (χ2v) is 7.17. The summed E-state index contributed by atoms with van der Waals surface area (Å²) in [5.74, 6) is 0.0402. The first-order chi connectivity index (χ1) is 12.1. The fraction of sp³-hybridized carbons (Fsp3) is 0.500. The van der Waals surface area contributed by atoms with Crippen molar-refractivity contribution in [2.75, 3.05) is 6.54 Å². The summed E-state index contributed by atoms with van der Waals surface area (Å²) in [5.41, 5.74) is 1.27. The van der Waals surface area contributed by atoms with Crippen LogP contribution in [-0.4, -0.2) is 27.5 Å². The maximum atomic E-state index is 12.5. The largest absolute Gasteiger partial charge is 0.352 e. The summed E-state index contributed by atoms with van der Waals surface area (Å²) in [6.07, 6.45) is 9.83. The highest BCUT2D eigenvalue weighted by Crippen LogP contribution is 2.32. The van der Waals surface area contributed by atoms with E-state index in [1.807, 2.05) is 23.8 Å². The molecule has 1 aromatic carbocycles. The van der Waals surface area contributed by atoms with Gasteiger partial charge in [-0.2, -0.15) is 0 Å². The van der Waals surface area contributed by atoms with Crippen molar-refractivity contribution < 1.29 is 4.79 Å². The van der Waals surface area contributed by atoms with Crippen molar-refractivity contribution in [1.29, 1.82) is 0 Å². The van der Waals surface area contributed by atoms with Gasteiger partial charge in [0.25, 0.3) is 0 Å². The van der Waals surface area contributed by atoms with Crippen LogP contribution in [0, 0.1) is 0 Å². The van der Waals surface area contributed by atoms with Crippen LogP contribution >= 0.6 is 0 Å². The molecule has 1 amide bonds. The molecule has 0 saturated heterocycles. The van der Waals surface area contributed by atoms with Gasteiger partial charge >= 0.3 is 0 Å². The molecule has 134 valence electrons. The number of nitrogens with one attached hydrogen (secondary N) is 2. The summed E-state index contributed by atoms with van der Waals surface area (Å²) in [6, 6.07) is 10.5. The molecular weight excluding hydrogens is 312 g/mol. The van der Waals surface area contributed by atoms with Crippen molar-refractivity contribution in [3.63, 3.8) is 0 Å². The lowest BCUT2D eigenvalue weighted by Gasteiger charge is -2.34. The molecule has 0 aliphatic heterocycles. The lowest BCUT2D eigenvalue weighted by Crippen LogP contribution is -2.53. The fourth-order valence-corrected chi connectivity index (χ4v) is 3.75. The van der Waals surface area contributed by atoms with E-state index in [1.165, 1.54) is 18.4 Å². The van der Waals surface area contributed by atoms with Crippen LogP contribution < -0.4 is 10.6 Å². The van der Waals surface area contributed by atoms with Gasteiger partial charge in [-0.25, -0.2) is 4.98 Å². The van der Waals surface area contributed by atoms with Crippen LogP contribution in [0.2, 0.25) is 0 Å². The van der Waals surface area contributed by atoms with Crippen LogP contribution in [0.5, 0.6) is 0 Å². The maximum Gasteiger partial charge on any atom is 0.242 e. The third-order valence-corrected chi connectivity index (χ3v) is 5.34. The van der Waals surface area contributed by atoms with E-state index < -0.39 is 0 Å². The third-order valence-electron chi connectivity index (χ3n) is 5.34. The molecule has 1 aliphatic carbocycles. The predicted molar refractivity (Wildman–Crippen MR) is 99.1 cm³/mol. The van der Waals surface area contributed by atoms with E-state index in [4.69, 9.17) is 0 Å². The quantitative estimate of drug-likeness (QED) is 0.813. The Kier molecular flexibility index (Phi) is 5.53. The van der Waals surface area contributed by atoms with E-state index >= 15 is 0 Å². The summed E-state index contributed by atoms with van der Waals surface area (Å²) in [4.78, 5) is 16.5. The maximum absolute atomic E-state index is 12.5. The Labute approximate surface area is 149 Å². The number of aromatic nitrogens is 2. The summed E-state index contributed by atoms with van der Waals surface area (Å²) >= 11 is 0. The molecule has 1 aliphatic rings. The minimum absolute atomic E-state index is 0.0143. The predicted octanol–water partition coefficient (Wildman–Crippen LogP) is 3.22. The second-order valence-electron chi connectivity index (χ2n) is 7.17. The topological polar surface area (TPSA) is 59.0 Å². The highest BCUT2D eigenvalue weighted by molar-refractivity contribution is 5.79. The monoisotopic (exact) mass is 340 g/mol. The number of amides is 1. The van der Waals surface area contributed by atoms with Crippen molar-refractivity contribution in [3.05, 3.63) is 54.6 Å². The highest BCUT2D eigenvalue weighted by atomic mass is 16.2. The Morgan fingerprint density at radius 3 is 2.60 bits per heavy atom. The van der Waals surface area contributed by atoms with E-state index in [2.05, 4.69) is 46.8 Å². The number of carbonyl (C=O) groups excluding carboxylic acids is 1. The molecule has 1 saturated carbocycles. The molecule has 2 aromatic rings. The van der Waals surface area contributed by atoms with Crippen LogP contribution in [0.3, 0.4) is 0 Å². The molecule has 0 spiro atoms. The number of benzene rings is 1. The van der Waals surface area contributed by atoms with Crippen molar-refractivity contribution in [2.24, 2.45) is 0 Å². The van der Waals surface area contributed by atoms with Crippen LogP contribution in [-0.2, 0) is 4.79 Å². The van der Waals surface area contributed by atoms with E-state index in [1.54, 1.807) is 12.5 Å². The third kappa shape index (κ3) is 4.28. The first-order valence-electron chi connectivity index (χ1n) is 9.17. The fourth-order valence-electron chi connectivity index (χ4n) is 3.75. The average molecular weight is 340 g/mol. The Hall–Kier alpha value is -2.14. The summed E-state index contributed by atoms with van der Waals surface area (Å²) in [6.45, 7) is 4.77. The molecule has 5 heteroatoms. The molecule has 3 rings (SSSR count). The van der Waals surface area contributed by atoms with Gasteiger partial charge in [0.05, 0.1) is 6.33 Å². The molecule has 0 unspecified atom stereocenters. The Bertz CT molecular complexity index is 662. The molecule has 5 nitrogen and oxygen atoms in total. The van der Waals surface area contributed by atoms with E-state index in [0.717, 1.165) is 12.8 Å². The van der Waals surface area contributed by atoms with Gasteiger partial charge in [0.2, 0.25) is 5.91 Å². The molecule has 25 heavy (non-hydrogen) atoms.